The van der Waals surface area contributed by atoms with Gasteiger partial charge < -0.3 is 4.90 Å². The highest BCUT2D eigenvalue weighted by Gasteiger charge is 2.29. The highest BCUT2D eigenvalue weighted by molar-refractivity contribution is 5.73. The summed E-state index contributed by atoms with van der Waals surface area (Å²) in [5.41, 5.74) is 2.16. The van der Waals surface area contributed by atoms with Crippen molar-refractivity contribution in [2.24, 2.45) is 0 Å². The Bertz CT molecular complexity index is 629. The van der Waals surface area contributed by atoms with Gasteiger partial charge in [-0.15, -0.1) is 0 Å². The van der Waals surface area contributed by atoms with E-state index in [9.17, 15) is 0 Å². The quantitative estimate of drug-likeness (QED) is 0.924. The lowest BCUT2D eigenvalue weighted by molar-refractivity contribution is 0.0934. The van der Waals surface area contributed by atoms with E-state index in [0.29, 0.717) is 5.92 Å². The van der Waals surface area contributed by atoms with E-state index < -0.39 is 0 Å². The van der Waals surface area contributed by atoms with Crippen LogP contribution in [0.5, 0.6) is 0 Å². The second-order valence-corrected chi connectivity index (χ2v) is 6.91. The third kappa shape index (κ3) is 2.75. The number of nitrogens with one attached hydrogen (secondary N) is 1. The van der Waals surface area contributed by atoms with E-state index in [2.05, 4.69) is 39.2 Å². The Morgan fingerprint density at radius 2 is 2.00 bits per heavy atom. The molecule has 2 saturated heterocycles. The highest BCUT2D eigenvalue weighted by atomic mass is 15.2. The predicted molar refractivity (Wildman–Crippen MR) is 88.0 cm³/mol. The molecule has 5 nitrogen and oxygen atoms in total. The van der Waals surface area contributed by atoms with Gasteiger partial charge in [0.2, 0.25) is 0 Å². The fraction of sp³-hybridized carbons (Fsp3) is 0.647. The molecule has 1 N–H and O–H groups in total. The Labute approximate surface area is 131 Å². The summed E-state index contributed by atoms with van der Waals surface area (Å²) in [5, 5.41) is 8.18. The largest absolute Gasteiger partial charge is 0.306 e. The highest BCUT2D eigenvalue weighted by Crippen LogP contribution is 2.29. The monoisotopic (exact) mass is 299 g/mol. The van der Waals surface area contributed by atoms with E-state index >= 15 is 0 Å². The van der Waals surface area contributed by atoms with Crippen molar-refractivity contribution in [2.45, 2.75) is 37.6 Å². The standard InChI is InChI=1S/C17H25N5/c1-21-9-6-15(7-10-21)22-8-2-3-14(12-22)16-5-4-13-11-18-20-17(13)19-16/h4-5,11,14-15H,2-3,6-10,12H2,1H3,(H,18,19,20)/t14-/m1/s1. The molecular weight excluding hydrogens is 274 g/mol. The van der Waals surface area contributed by atoms with E-state index in [0.717, 1.165) is 17.1 Å². The smallest absolute Gasteiger partial charge is 0.155 e. The van der Waals surface area contributed by atoms with E-state index in [1.165, 1.54) is 57.6 Å². The number of pyridine rings is 1. The minimum Gasteiger partial charge on any atom is -0.306 e. The van der Waals surface area contributed by atoms with Gasteiger partial charge in [0.1, 0.15) is 0 Å². The van der Waals surface area contributed by atoms with Crippen molar-refractivity contribution in [1.82, 2.24) is 25.0 Å². The van der Waals surface area contributed by atoms with Crippen molar-refractivity contribution in [2.75, 3.05) is 33.2 Å². The van der Waals surface area contributed by atoms with Crippen LogP contribution < -0.4 is 0 Å². The van der Waals surface area contributed by atoms with Crippen LogP contribution in [-0.2, 0) is 0 Å². The maximum atomic E-state index is 4.80. The van der Waals surface area contributed by atoms with Crippen molar-refractivity contribution in [1.29, 1.82) is 0 Å². The first-order chi connectivity index (χ1) is 10.8. The first-order valence-electron chi connectivity index (χ1n) is 8.52. The Morgan fingerprint density at radius 1 is 1.14 bits per heavy atom. The first-order valence-corrected chi connectivity index (χ1v) is 8.52. The summed E-state index contributed by atoms with van der Waals surface area (Å²) in [6.45, 7) is 4.91. The molecule has 0 saturated carbocycles. The van der Waals surface area contributed by atoms with Crippen LogP contribution in [0.1, 0.15) is 37.3 Å². The van der Waals surface area contributed by atoms with Crippen LogP contribution in [0.25, 0.3) is 11.0 Å². The summed E-state index contributed by atoms with van der Waals surface area (Å²) < 4.78 is 0. The molecule has 0 amide bonds. The Balaban J connectivity index is 1.48. The zero-order chi connectivity index (χ0) is 14.9. The molecule has 2 aliphatic heterocycles. The fourth-order valence-electron chi connectivity index (χ4n) is 4.01. The van der Waals surface area contributed by atoms with E-state index in [-0.39, 0.29) is 0 Å². The van der Waals surface area contributed by atoms with Crippen LogP contribution in [-0.4, -0.2) is 64.2 Å². The number of aromatic amines is 1. The van der Waals surface area contributed by atoms with Crippen molar-refractivity contribution in [3.63, 3.8) is 0 Å². The molecule has 0 aliphatic carbocycles. The fourth-order valence-corrected chi connectivity index (χ4v) is 4.01. The summed E-state index contributed by atoms with van der Waals surface area (Å²) in [6.07, 6.45) is 7.03. The molecule has 4 heterocycles. The maximum Gasteiger partial charge on any atom is 0.155 e. The molecule has 4 rings (SSSR count). The van der Waals surface area contributed by atoms with Crippen molar-refractivity contribution in [3.05, 3.63) is 24.0 Å². The first kappa shape index (κ1) is 14.2. The zero-order valence-electron chi connectivity index (χ0n) is 13.3. The molecule has 0 unspecified atom stereocenters. The van der Waals surface area contributed by atoms with Crippen LogP contribution in [0.2, 0.25) is 0 Å². The summed E-state index contributed by atoms with van der Waals surface area (Å²) in [4.78, 5) is 9.97. The molecule has 2 aromatic rings. The van der Waals surface area contributed by atoms with Gasteiger partial charge in [0.15, 0.2) is 5.65 Å². The minimum absolute atomic E-state index is 0.570. The number of likely N-dealkylation sites (tertiary alicyclic amines) is 2. The number of hydrogen-bond donors (Lipinski definition) is 1. The van der Waals surface area contributed by atoms with Gasteiger partial charge in [-0.3, -0.25) is 10.00 Å². The number of nitrogens with zero attached hydrogens (tertiary/aromatic N) is 4. The minimum atomic E-state index is 0.570. The Hall–Kier alpha value is -1.46. The van der Waals surface area contributed by atoms with Crippen molar-refractivity contribution >= 4 is 11.0 Å². The molecule has 0 spiro atoms. The topological polar surface area (TPSA) is 48.0 Å². The van der Waals surface area contributed by atoms with Gasteiger partial charge in [0.25, 0.3) is 0 Å². The van der Waals surface area contributed by atoms with E-state index in [1.54, 1.807) is 0 Å². The Kier molecular flexibility index (Phi) is 3.84. The molecular formula is C17H25N5. The van der Waals surface area contributed by atoms with Crippen LogP contribution >= 0.6 is 0 Å². The molecule has 22 heavy (non-hydrogen) atoms. The average molecular weight is 299 g/mol. The second-order valence-electron chi connectivity index (χ2n) is 6.91. The number of rotatable bonds is 2. The van der Waals surface area contributed by atoms with Crippen LogP contribution in [0.4, 0.5) is 0 Å². The number of hydrogen-bond acceptors (Lipinski definition) is 4. The van der Waals surface area contributed by atoms with Gasteiger partial charge in [-0.25, -0.2) is 4.98 Å². The van der Waals surface area contributed by atoms with Gasteiger partial charge in [-0.2, -0.15) is 5.10 Å². The SMILES string of the molecule is CN1CCC(N2CCC[C@@H](c3ccc4cn[nH]c4n3)C2)CC1. The second kappa shape index (κ2) is 5.97. The van der Waals surface area contributed by atoms with Gasteiger partial charge >= 0.3 is 0 Å². The lowest BCUT2D eigenvalue weighted by atomic mass is 9.91. The molecule has 2 aromatic heterocycles. The maximum absolute atomic E-state index is 4.80. The predicted octanol–water partition coefficient (Wildman–Crippen LogP) is 2.23. The third-order valence-corrected chi connectivity index (χ3v) is 5.40. The zero-order valence-corrected chi connectivity index (χ0v) is 13.3. The normalized spacial score (nSPS) is 25.8. The molecule has 5 heteroatoms. The number of aromatic nitrogens is 3. The molecule has 2 fully saturated rings. The summed E-state index contributed by atoms with van der Waals surface area (Å²) in [5.74, 6) is 0.570. The lowest BCUT2D eigenvalue weighted by Gasteiger charge is -2.41. The van der Waals surface area contributed by atoms with Crippen LogP contribution in [0.3, 0.4) is 0 Å². The molecule has 0 bridgehead atoms. The van der Waals surface area contributed by atoms with Crippen molar-refractivity contribution in [3.8, 4) is 0 Å². The van der Waals surface area contributed by atoms with Gasteiger partial charge in [-0.1, -0.05) is 0 Å². The Morgan fingerprint density at radius 3 is 2.86 bits per heavy atom. The molecule has 0 radical (unpaired) electrons. The number of fused-ring (bicyclic) bond motifs is 1. The molecule has 2 aliphatic rings. The number of piperidine rings is 2. The third-order valence-electron chi connectivity index (χ3n) is 5.40. The summed E-state index contributed by atoms with van der Waals surface area (Å²) in [6, 6.07) is 5.12. The number of H-pyrrole nitrogens is 1. The van der Waals surface area contributed by atoms with Crippen molar-refractivity contribution < 1.29 is 0 Å². The summed E-state index contributed by atoms with van der Waals surface area (Å²) in [7, 11) is 2.23. The molecule has 1 atom stereocenters. The average Bonchev–Trinajstić information content (AvgIpc) is 3.03. The molecule has 118 valence electrons. The van der Waals surface area contributed by atoms with Gasteiger partial charge in [0.05, 0.1) is 6.20 Å². The van der Waals surface area contributed by atoms with E-state index in [1.807, 2.05) is 6.20 Å². The van der Waals surface area contributed by atoms with Crippen LogP contribution in [0, 0.1) is 0 Å². The molecule has 0 aromatic carbocycles. The summed E-state index contributed by atoms with van der Waals surface area (Å²) >= 11 is 0. The van der Waals surface area contributed by atoms with E-state index in [4.69, 9.17) is 4.98 Å². The van der Waals surface area contributed by atoms with Crippen LogP contribution in [0.15, 0.2) is 18.3 Å². The lowest BCUT2D eigenvalue weighted by Crippen LogP contribution is -2.47. The van der Waals surface area contributed by atoms with Gasteiger partial charge in [-0.05, 0) is 64.5 Å². The van der Waals surface area contributed by atoms with Gasteiger partial charge in [0, 0.05) is 29.6 Å².